The molecule has 0 bridgehead atoms. The fourth-order valence-corrected chi connectivity index (χ4v) is 1.89. The Bertz CT molecular complexity index is 692. The number of hydrogen-bond acceptors (Lipinski definition) is 3. The Balaban J connectivity index is 2.03. The summed E-state index contributed by atoms with van der Waals surface area (Å²) >= 11 is 0. The maximum absolute atomic E-state index is 12.0. The van der Waals surface area contributed by atoms with Crippen molar-refractivity contribution in [3.63, 3.8) is 0 Å². The van der Waals surface area contributed by atoms with E-state index in [1.807, 2.05) is 30.3 Å². The quantitative estimate of drug-likeness (QED) is 0.664. The summed E-state index contributed by atoms with van der Waals surface area (Å²) in [5, 5.41) is 2.59. The first-order chi connectivity index (χ1) is 10.6. The predicted molar refractivity (Wildman–Crippen MR) is 85.8 cm³/mol. The van der Waals surface area contributed by atoms with Gasteiger partial charge in [-0.2, -0.15) is 0 Å². The summed E-state index contributed by atoms with van der Waals surface area (Å²) in [5.74, 6) is -0.209. The molecular weight excluding hydrogens is 278 g/mol. The van der Waals surface area contributed by atoms with Crippen LogP contribution in [-0.2, 0) is 11.3 Å². The first kappa shape index (κ1) is 15.5. The minimum Gasteiger partial charge on any atom is -0.444 e. The topological polar surface area (TPSA) is 55.4 Å². The molecule has 0 fully saturated rings. The number of carbonyl (C=O) groups is 2. The lowest BCUT2D eigenvalue weighted by Crippen LogP contribution is -2.16. The van der Waals surface area contributed by atoms with Gasteiger partial charge in [-0.05, 0) is 30.2 Å². The van der Waals surface area contributed by atoms with Crippen molar-refractivity contribution in [1.29, 1.82) is 0 Å². The van der Waals surface area contributed by atoms with Crippen molar-refractivity contribution in [2.75, 3.05) is 5.32 Å². The van der Waals surface area contributed by atoms with Crippen LogP contribution in [0.3, 0.4) is 0 Å². The van der Waals surface area contributed by atoms with Crippen molar-refractivity contribution in [3.8, 4) is 0 Å². The molecule has 2 aromatic rings. The predicted octanol–water partition coefficient (Wildman–Crippen LogP) is 4.19. The summed E-state index contributed by atoms with van der Waals surface area (Å²) in [5.41, 5.74) is 2.11. The normalized spacial score (nSPS) is 9.86. The molecule has 0 saturated carbocycles. The zero-order valence-corrected chi connectivity index (χ0v) is 12.3. The van der Waals surface area contributed by atoms with Crippen molar-refractivity contribution >= 4 is 17.6 Å². The first-order valence-electron chi connectivity index (χ1n) is 6.85. The lowest BCUT2D eigenvalue weighted by Gasteiger charge is -2.10. The molecule has 0 aliphatic heterocycles. The van der Waals surface area contributed by atoms with Gasteiger partial charge in [-0.1, -0.05) is 49.0 Å². The third-order valence-electron chi connectivity index (χ3n) is 3.01. The molecule has 0 saturated heterocycles. The van der Waals surface area contributed by atoms with Crippen LogP contribution in [0.15, 0.2) is 66.7 Å². The summed E-state index contributed by atoms with van der Waals surface area (Å²) in [4.78, 5) is 23.9. The summed E-state index contributed by atoms with van der Waals surface area (Å²) in [6.45, 7) is 5.44. The molecule has 0 unspecified atom stereocenters. The molecule has 0 spiro atoms. The summed E-state index contributed by atoms with van der Waals surface area (Å²) in [6.07, 6.45) is -0.606. The first-order valence-corrected chi connectivity index (χ1v) is 6.85. The van der Waals surface area contributed by atoms with Crippen molar-refractivity contribution in [1.82, 2.24) is 0 Å². The average Bonchev–Trinajstić information content (AvgIpc) is 2.53. The maximum atomic E-state index is 12.0. The molecule has 1 N–H and O–H groups in total. The van der Waals surface area contributed by atoms with Gasteiger partial charge < -0.3 is 4.74 Å². The van der Waals surface area contributed by atoms with Crippen LogP contribution in [0.5, 0.6) is 0 Å². The van der Waals surface area contributed by atoms with Crippen molar-refractivity contribution in [2.45, 2.75) is 13.5 Å². The number of nitrogens with one attached hydrogen (secondary N) is 1. The fraction of sp³-hybridized carbons (Fsp3) is 0.111. The second-order valence-corrected chi connectivity index (χ2v) is 4.84. The number of carbonyl (C=O) groups excluding carboxylic acids is 2. The van der Waals surface area contributed by atoms with Crippen LogP contribution in [0.2, 0.25) is 0 Å². The lowest BCUT2D eigenvalue weighted by atomic mass is 10.0. The zero-order valence-electron chi connectivity index (χ0n) is 12.3. The molecule has 4 nitrogen and oxygen atoms in total. The van der Waals surface area contributed by atoms with Crippen LogP contribution in [-0.4, -0.2) is 11.9 Å². The van der Waals surface area contributed by atoms with Gasteiger partial charge in [-0.25, -0.2) is 4.79 Å². The van der Waals surface area contributed by atoms with Crippen molar-refractivity contribution in [2.24, 2.45) is 0 Å². The summed E-state index contributed by atoms with van der Waals surface area (Å²) in [6, 6.07) is 16.1. The van der Waals surface area contributed by atoms with E-state index < -0.39 is 6.09 Å². The van der Waals surface area contributed by atoms with Gasteiger partial charge in [-0.3, -0.25) is 10.1 Å². The molecule has 0 radical (unpaired) electrons. The van der Waals surface area contributed by atoms with Crippen LogP contribution in [0.4, 0.5) is 10.5 Å². The van der Waals surface area contributed by atoms with Gasteiger partial charge in [0.15, 0.2) is 5.78 Å². The Kier molecular flexibility index (Phi) is 5.09. The summed E-state index contributed by atoms with van der Waals surface area (Å²) < 4.78 is 5.14. The van der Waals surface area contributed by atoms with Gasteiger partial charge in [0.25, 0.3) is 0 Å². The minimum absolute atomic E-state index is 0.170. The number of allylic oxidation sites excluding steroid dienone is 1. The van der Waals surface area contributed by atoms with Gasteiger partial charge in [0.1, 0.15) is 6.61 Å². The highest BCUT2D eigenvalue weighted by Gasteiger charge is 2.14. The van der Waals surface area contributed by atoms with E-state index in [1.54, 1.807) is 31.2 Å². The number of rotatable bonds is 5. The Morgan fingerprint density at radius 3 is 2.36 bits per heavy atom. The molecule has 1 amide bonds. The van der Waals surface area contributed by atoms with Crippen molar-refractivity contribution < 1.29 is 14.3 Å². The highest BCUT2D eigenvalue weighted by molar-refractivity contribution is 6.12. The van der Waals surface area contributed by atoms with E-state index in [-0.39, 0.29) is 12.4 Å². The second kappa shape index (κ2) is 7.22. The van der Waals surface area contributed by atoms with Crippen LogP contribution in [0.25, 0.3) is 0 Å². The lowest BCUT2D eigenvalue weighted by molar-refractivity contribution is 0.103. The zero-order chi connectivity index (χ0) is 15.9. The van der Waals surface area contributed by atoms with Crippen LogP contribution >= 0.6 is 0 Å². The molecule has 0 atom stereocenters. The summed E-state index contributed by atoms with van der Waals surface area (Å²) in [7, 11) is 0. The van der Waals surface area contributed by atoms with Crippen LogP contribution < -0.4 is 5.32 Å². The van der Waals surface area contributed by atoms with E-state index in [0.717, 1.165) is 5.56 Å². The molecule has 22 heavy (non-hydrogen) atoms. The highest BCUT2D eigenvalue weighted by atomic mass is 16.5. The SMILES string of the molecule is C=C(C)C(=O)c1ccccc1NC(=O)OCc1ccccc1. The molecule has 112 valence electrons. The molecule has 2 rings (SSSR count). The van der Waals surface area contributed by atoms with E-state index in [9.17, 15) is 9.59 Å². The average molecular weight is 295 g/mol. The number of Topliss-reactive ketones (excluding diaryl/α,β-unsaturated/α-hetero) is 1. The fourth-order valence-electron chi connectivity index (χ4n) is 1.89. The van der Waals surface area contributed by atoms with Crippen LogP contribution in [0, 0.1) is 0 Å². The Morgan fingerprint density at radius 1 is 1.05 bits per heavy atom. The number of ether oxygens (including phenoxy) is 1. The van der Waals surface area contributed by atoms with Crippen molar-refractivity contribution in [3.05, 3.63) is 77.9 Å². The number of para-hydroxylation sites is 1. The number of hydrogen-bond donors (Lipinski definition) is 1. The minimum atomic E-state index is -0.606. The Hall–Kier alpha value is -2.88. The third-order valence-corrected chi connectivity index (χ3v) is 3.01. The number of amides is 1. The molecule has 0 aromatic heterocycles. The molecule has 0 aliphatic rings. The van der Waals surface area contributed by atoms with E-state index in [2.05, 4.69) is 11.9 Å². The highest BCUT2D eigenvalue weighted by Crippen LogP contribution is 2.18. The van der Waals surface area contributed by atoms with Gasteiger partial charge in [0.2, 0.25) is 0 Å². The standard InChI is InChI=1S/C18H17NO3/c1-13(2)17(20)15-10-6-7-11-16(15)19-18(21)22-12-14-8-4-3-5-9-14/h3-11H,1,12H2,2H3,(H,19,21). The van der Waals surface area contributed by atoms with E-state index in [4.69, 9.17) is 4.74 Å². The molecular formula is C18H17NO3. The van der Waals surface area contributed by atoms with E-state index in [1.165, 1.54) is 0 Å². The maximum Gasteiger partial charge on any atom is 0.411 e. The van der Waals surface area contributed by atoms with E-state index >= 15 is 0 Å². The molecule has 2 aromatic carbocycles. The Labute approximate surface area is 129 Å². The Morgan fingerprint density at radius 2 is 1.68 bits per heavy atom. The molecule has 0 aliphatic carbocycles. The smallest absolute Gasteiger partial charge is 0.411 e. The number of ketones is 1. The van der Waals surface area contributed by atoms with Crippen LogP contribution in [0.1, 0.15) is 22.8 Å². The number of benzene rings is 2. The molecule has 4 heteroatoms. The molecule has 0 heterocycles. The van der Waals surface area contributed by atoms with Gasteiger partial charge in [0.05, 0.1) is 5.69 Å². The third kappa shape index (κ3) is 4.06. The van der Waals surface area contributed by atoms with Gasteiger partial charge in [-0.15, -0.1) is 0 Å². The van der Waals surface area contributed by atoms with Gasteiger partial charge in [0, 0.05) is 5.56 Å². The number of anilines is 1. The largest absolute Gasteiger partial charge is 0.444 e. The van der Waals surface area contributed by atoms with Gasteiger partial charge >= 0.3 is 6.09 Å². The monoisotopic (exact) mass is 295 g/mol. The van der Waals surface area contributed by atoms with E-state index in [0.29, 0.717) is 16.8 Å². The second-order valence-electron chi connectivity index (χ2n) is 4.84.